The second-order valence-corrected chi connectivity index (χ2v) is 12.5. The van der Waals surface area contributed by atoms with Crippen molar-refractivity contribution in [3.8, 4) is 0 Å². The highest BCUT2D eigenvalue weighted by Crippen LogP contribution is 2.24. The van der Waals surface area contributed by atoms with Gasteiger partial charge >= 0.3 is 11.9 Å². The number of hydrogen-bond acceptors (Lipinski definition) is 7. The van der Waals surface area contributed by atoms with Crippen molar-refractivity contribution in [2.75, 3.05) is 13.2 Å². The third-order valence-electron chi connectivity index (χ3n) is 6.64. The molecule has 1 aromatic carbocycles. The van der Waals surface area contributed by atoms with E-state index in [0.29, 0.717) is 6.42 Å². The van der Waals surface area contributed by atoms with Crippen molar-refractivity contribution in [2.24, 2.45) is 17.3 Å². The fourth-order valence-electron chi connectivity index (χ4n) is 4.30. The van der Waals surface area contributed by atoms with Gasteiger partial charge in [0.25, 0.3) is 0 Å². The maximum atomic E-state index is 13.3. The molecule has 9 heteroatoms. The van der Waals surface area contributed by atoms with E-state index < -0.39 is 46.9 Å². The fourth-order valence-corrected chi connectivity index (χ4v) is 4.30. The molecule has 0 spiro atoms. The summed E-state index contributed by atoms with van der Waals surface area (Å²) in [7, 11) is 0. The summed E-state index contributed by atoms with van der Waals surface area (Å²) in [4.78, 5) is 51.6. The average Bonchev–Trinajstić information content (AvgIpc) is 2.84. The van der Waals surface area contributed by atoms with Crippen LogP contribution in [-0.4, -0.2) is 59.8 Å². The molecular weight excluding hydrogens is 512 g/mol. The van der Waals surface area contributed by atoms with Gasteiger partial charge < -0.3 is 25.2 Å². The number of aliphatic hydroxyl groups excluding tert-OH is 1. The van der Waals surface area contributed by atoms with Gasteiger partial charge in [0.1, 0.15) is 12.2 Å². The van der Waals surface area contributed by atoms with Crippen molar-refractivity contribution in [1.82, 2.24) is 10.6 Å². The van der Waals surface area contributed by atoms with Crippen molar-refractivity contribution in [2.45, 2.75) is 91.3 Å². The lowest BCUT2D eigenvalue weighted by molar-refractivity contribution is -0.162. The van der Waals surface area contributed by atoms with Crippen molar-refractivity contribution in [3.63, 3.8) is 0 Å². The van der Waals surface area contributed by atoms with Crippen LogP contribution in [0, 0.1) is 17.3 Å². The van der Waals surface area contributed by atoms with E-state index in [4.69, 9.17) is 9.47 Å². The number of benzene rings is 1. The highest BCUT2D eigenvalue weighted by molar-refractivity contribution is 5.86. The molecule has 4 atom stereocenters. The number of esters is 2. The second kappa shape index (κ2) is 15.0. The summed E-state index contributed by atoms with van der Waals surface area (Å²) in [6.07, 6.45) is 4.28. The van der Waals surface area contributed by atoms with E-state index in [0.717, 1.165) is 5.56 Å². The number of carbonyl (C=O) groups excluding carboxylic acids is 4. The van der Waals surface area contributed by atoms with E-state index in [1.807, 2.05) is 51.1 Å². The molecule has 0 saturated heterocycles. The minimum Gasteiger partial charge on any atom is -0.463 e. The van der Waals surface area contributed by atoms with Crippen LogP contribution in [0.1, 0.15) is 72.8 Å². The molecule has 40 heavy (non-hydrogen) atoms. The summed E-state index contributed by atoms with van der Waals surface area (Å²) in [6.45, 7) is 10.8. The number of rotatable bonds is 8. The Bertz CT molecular complexity index is 1020. The summed E-state index contributed by atoms with van der Waals surface area (Å²) in [6, 6.07) is 8.56. The van der Waals surface area contributed by atoms with Gasteiger partial charge in [0.2, 0.25) is 11.8 Å². The summed E-state index contributed by atoms with van der Waals surface area (Å²) in [5.74, 6) is -3.06. The zero-order chi connectivity index (χ0) is 29.9. The standard InChI is InChI=1S/C31H46N2O7/c1-30(2,3)25-20-39-29(38)23(18-27(36)40-31(4,5)6)15-11-10-14-22(28(37)33-25)17-26(35)32-24(19-34)16-21-12-8-7-9-13-21/h7-13,22-25,34H,14-20H2,1-6H3,(H,32,35)(H,33,37)/b11-10-/t22-,23-,24-,25+/m1/s1. The Hall–Kier alpha value is -3.20. The van der Waals surface area contributed by atoms with Crippen molar-refractivity contribution >= 4 is 23.8 Å². The third kappa shape index (κ3) is 11.9. The van der Waals surface area contributed by atoms with E-state index in [1.54, 1.807) is 32.9 Å². The largest absolute Gasteiger partial charge is 0.463 e. The summed E-state index contributed by atoms with van der Waals surface area (Å²) in [5.41, 5.74) is -0.133. The van der Waals surface area contributed by atoms with E-state index in [2.05, 4.69) is 10.6 Å². The van der Waals surface area contributed by atoms with Gasteiger partial charge in [0.05, 0.1) is 36.9 Å². The predicted molar refractivity (Wildman–Crippen MR) is 152 cm³/mol. The van der Waals surface area contributed by atoms with E-state index in [9.17, 15) is 24.3 Å². The van der Waals surface area contributed by atoms with Gasteiger partial charge in [-0.3, -0.25) is 19.2 Å². The Kier molecular flexibility index (Phi) is 12.4. The van der Waals surface area contributed by atoms with Gasteiger partial charge in [-0.1, -0.05) is 63.3 Å². The lowest BCUT2D eigenvalue weighted by atomic mass is 9.86. The van der Waals surface area contributed by atoms with Crippen LogP contribution >= 0.6 is 0 Å². The average molecular weight is 559 g/mol. The Labute approximate surface area is 238 Å². The van der Waals surface area contributed by atoms with Crippen LogP contribution in [0.15, 0.2) is 42.5 Å². The summed E-state index contributed by atoms with van der Waals surface area (Å²) >= 11 is 0. The first-order valence-corrected chi connectivity index (χ1v) is 14.0. The number of hydrogen-bond donors (Lipinski definition) is 3. The van der Waals surface area contributed by atoms with E-state index in [1.165, 1.54) is 0 Å². The Morgan fingerprint density at radius 3 is 2.23 bits per heavy atom. The molecule has 0 radical (unpaired) electrons. The number of ether oxygens (including phenoxy) is 2. The predicted octanol–water partition coefficient (Wildman–Crippen LogP) is 3.48. The molecule has 0 fully saturated rings. The van der Waals surface area contributed by atoms with Crippen molar-refractivity contribution < 1.29 is 33.8 Å². The summed E-state index contributed by atoms with van der Waals surface area (Å²) < 4.78 is 11.0. The number of cyclic esters (lactones) is 1. The molecule has 1 aromatic rings. The number of carbonyl (C=O) groups is 4. The van der Waals surface area contributed by atoms with Crippen LogP contribution in [0.4, 0.5) is 0 Å². The van der Waals surface area contributed by atoms with Crippen LogP contribution in [0.5, 0.6) is 0 Å². The van der Waals surface area contributed by atoms with Gasteiger partial charge in [-0.15, -0.1) is 0 Å². The second-order valence-electron chi connectivity index (χ2n) is 12.5. The van der Waals surface area contributed by atoms with Gasteiger partial charge in [0, 0.05) is 6.42 Å². The first-order valence-electron chi connectivity index (χ1n) is 14.0. The quantitative estimate of drug-likeness (QED) is 0.329. The maximum Gasteiger partial charge on any atom is 0.309 e. The molecule has 222 valence electrons. The zero-order valence-electron chi connectivity index (χ0n) is 24.7. The molecule has 1 heterocycles. The first kappa shape index (κ1) is 33.0. The number of aliphatic hydroxyl groups is 1. The van der Waals surface area contributed by atoms with Gasteiger partial charge in [0.15, 0.2) is 0 Å². The molecule has 1 aliphatic rings. The van der Waals surface area contributed by atoms with E-state index in [-0.39, 0.29) is 50.7 Å². The van der Waals surface area contributed by atoms with Crippen molar-refractivity contribution in [1.29, 1.82) is 0 Å². The molecule has 2 amide bonds. The number of amides is 2. The first-order chi connectivity index (χ1) is 18.7. The molecular formula is C31H46N2O7. The Morgan fingerprint density at radius 1 is 1.02 bits per heavy atom. The molecule has 0 aliphatic carbocycles. The molecule has 0 aromatic heterocycles. The van der Waals surface area contributed by atoms with Crippen LogP contribution in [-0.2, 0) is 35.1 Å². The van der Waals surface area contributed by atoms with Crippen LogP contribution < -0.4 is 10.6 Å². The molecule has 0 unspecified atom stereocenters. The Morgan fingerprint density at radius 2 is 1.65 bits per heavy atom. The highest BCUT2D eigenvalue weighted by Gasteiger charge is 2.33. The number of allylic oxidation sites excluding steroid dienone is 2. The van der Waals surface area contributed by atoms with Gasteiger partial charge in [-0.2, -0.15) is 0 Å². The van der Waals surface area contributed by atoms with E-state index >= 15 is 0 Å². The lowest BCUT2D eigenvalue weighted by Gasteiger charge is -2.33. The van der Waals surface area contributed by atoms with Crippen LogP contribution in [0.3, 0.4) is 0 Å². The SMILES string of the molecule is CC(C)(C)OC(=O)C[C@H]1C/C=C\C[C@H](CC(=O)N[C@@H](CO)Cc2ccccc2)C(=O)N[C@H](C(C)(C)C)COC1=O. The molecule has 0 saturated carbocycles. The van der Waals surface area contributed by atoms with Crippen LogP contribution in [0.25, 0.3) is 0 Å². The topological polar surface area (TPSA) is 131 Å². The van der Waals surface area contributed by atoms with Crippen molar-refractivity contribution in [3.05, 3.63) is 48.0 Å². The number of nitrogens with one attached hydrogen (secondary N) is 2. The molecule has 9 nitrogen and oxygen atoms in total. The zero-order valence-corrected chi connectivity index (χ0v) is 24.7. The fraction of sp³-hybridized carbons (Fsp3) is 0.613. The molecule has 3 N–H and O–H groups in total. The lowest BCUT2D eigenvalue weighted by Crippen LogP contribution is -2.50. The van der Waals surface area contributed by atoms with Gasteiger partial charge in [-0.05, 0) is 51.0 Å². The minimum atomic E-state index is -0.730. The summed E-state index contributed by atoms with van der Waals surface area (Å²) in [5, 5.41) is 15.6. The van der Waals surface area contributed by atoms with Crippen LogP contribution in [0.2, 0.25) is 0 Å². The molecule has 2 rings (SSSR count). The smallest absolute Gasteiger partial charge is 0.309 e. The molecule has 0 bridgehead atoms. The van der Waals surface area contributed by atoms with Gasteiger partial charge in [-0.25, -0.2) is 0 Å². The third-order valence-corrected chi connectivity index (χ3v) is 6.64. The molecule has 1 aliphatic heterocycles. The minimum absolute atomic E-state index is 0.0643. The highest BCUT2D eigenvalue weighted by atomic mass is 16.6. The normalized spacial score (nSPS) is 22.5. The monoisotopic (exact) mass is 558 g/mol. The maximum absolute atomic E-state index is 13.3. The Balaban J connectivity index is 2.17.